The minimum atomic E-state index is -0.467. The number of aliphatic imine (C=N–C) groups is 1. The third-order valence-electron chi connectivity index (χ3n) is 2.82. The molecule has 0 fully saturated rings. The van der Waals surface area contributed by atoms with Gasteiger partial charge < -0.3 is 15.4 Å². The van der Waals surface area contributed by atoms with Crippen molar-refractivity contribution < 1.29 is 9.53 Å². The van der Waals surface area contributed by atoms with Crippen LogP contribution in [0.2, 0.25) is 0 Å². The van der Waals surface area contributed by atoms with Crippen LogP contribution in [0.25, 0.3) is 0 Å². The topological polar surface area (TPSA) is 62.7 Å². The highest BCUT2D eigenvalue weighted by Crippen LogP contribution is 2.06. The van der Waals surface area contributed by atoms with Gasteiger partial charge >= 0.3 is 5.97 Å². The van der Waals surface area contributed by atoms with E-state index in [9.17, 15) is 4.79 Å². The van der Waals surface area contributed by atoms with Crippen molar-refractivity contribution in [1.29, 1.82) is 0 Å². The first-order valence-electron chi connectivity index (χ1n) is 7.61. The molecule has 0 aliphatic carbocycles. The van der Waals surface area contributed by atoms with Crippen LogP contribution in [0.5, 0.6) is 0 Å². The molecule has 2 N–H and O–H groups in total. The van der Waals surface area contributed by atoms with Gasteiger partial charge in [-0.2, -0.15) is 0 Å². The lowest BCUT2D eigenvalue weighted by Gasteiger charge is -2.20. The number of carbonyl (C=O) groups excluding carboxylic acids is 1. The predicted octanol–water partition coefficient (Wildman–Crippen LogP) is 2.74. The highest BCUT2D eigenvalue weighted by molar-refractivity contribution is 14.0. The van der Waals surface area contributed by atoms with E-state index in [0.717, 1.165) is 19.4 Å². The largest absolute Gasteiger partial charge is 0.459 e. The molecule has 0 spiro atoms. The van der Waals surface area contributed by atoms with E-state index in [-0.39, 0.29) is 36.5 Å². The van der Waals surface area contributed by atoms with Crippen LogP contribution in [-0.4, -0.2) is 37.7 Å². The third-order valence-corrected chi connectivity index (χ3v) is 2.82. The molecule has 0 saturated heterocycles. The number of ether oxygens (including phenoxy) is 1. The number of benzene rings is 1. The minimum absolute atomic E-state index is 0. The molecule has 0 amide bonds. The van der Waals surface area contributed by atoms with Crippen molar-refractivity contribution in [3.8, 4) is 0 Å². The second-order valence-corrected chi connectivity index (χ2v) is 6.03. The van der Waals surface area contributed by atoms with E-state index < -0.39 is 5.60 Å². The van der Waals surface area contributed by atoms with Crippen molar-refractivity contribution in [3.63, 3.8) is 0 Å². The fourth-order valence-electron chi connectivity index (χ4n) is 1.90. The van der Waals surface area contributed by atoms with E-state index in [0.29, 0.717) is 5.96 Å². The standard InChI is InChI=1S/C17H27N3O2.HI/c1-17(2,3)22-15(21)13-20-16(18-4)19-12-8-11-14-9-6-5-7-10-14;/h5-7,9-10H,8,11-13H2,1-4H3,(H2,18,19,20);1H. The summed E-state index contributed by atoms with van der Waals surface area (Å²) in [6.07, 6.45) is 2.01. The second kappa shape index (κ2) is 11.3. The summed E-state index contributed by atoms with van der Waals surface area (Å²) in [6.45, 7) is 6.45. The molecular weight excluding hydrogens is 405 g/mol. The maximum absolute atomic E-state index is 11.6. The fourth-order valence-corrected chi connectivity index (χ4v) is 1.90. The average molecular weight is 433 g/mol. The Morgan fingerprint density at radius 3 is 2.39 bits per heavy atom. The minimum Gasteiger partial charge on any atom is -0.459 e. The van der Waals surface area contributed by atoms with Gasteiger partial charge in [-0.15, -0.1) is 24.0 Å². The Labute approximate surface area is 156 Å². The first-order valence-corrected chi connectivity index (χ1v) is 7.61. The maximum atomic E-state index is 11.6. The fraction of sp³-hybridized carbons (Fsp3) is 0.529. The summed E-state index contributed by atoms with van der Waals surface area (Å²) in [7, 11) is 1.68. The van der Waals surface area contributed by atoms with Crippen LogP contribution in [0.3, 0.4) is 0 Å². The Balaban J connectivity index is 0.00000484. The van der Waals surface area contributed by atoms with Crippen molar-refractivity contribution in [2.75, 3.05) is 20.1 Å². The van der Waals surface area contributed by atoms with E-state index in [1.807, 2.05) is 39.0 Å². The number of nitrogens with zero attached hydrogens (tertiary/aromatic N) is 1. The van der Waals surface area contributed by atoms with Crippen molar-refractivity contribution in [1.82, 2.24) is 10.6 Å². The first kappa shape index (κ1) is 21.7. The molecule has 1 rings (SSSR count). The highest BCUT2D eigenvalue weighted by Gasteiger charge is 2.16. The van der Waals surface area contributed by atoms with Crippen LogP contribution in [0.1, 0.15) is 32.8 Å². The zero-order chi connectivity index (χ0) is 16.4. The number of guanidine groups is 1. The quantitative estimate of drug-likeness (QED) is 0.238. The zero-order valence-corrected chi connectivity index (χ0v) is 16.7. The molecule has 130 valence electrons. The number of hydrogen-bond donors (Lipinski definition) is 2. The normalized spacial score (nSPS) is 11.4. The van der Waals surface area contributed by atoms with E-state index in [4.69, 9.17) is 4.74 Å². The Bertz CT molecular complexity index is 484. The van der Waals surface area contributed by atoms with Gasteiger partial charge in [-0.25, -0.2) is 0 Å². The van der Waals surface area contributed by atoms with Crippen LogP contribution in [-0.2, 0) is 16.0 Å². The average Bonchev–Trinajstić information content (AvgIpc) is 2.46. The van der Waals surface area contributed by atoms with Gasteiger partial charge in [0.15, 0.2) is 5.96 Å². The molecule has 0 saturated carbocycles. The Kier molecular flexibility index (Phi) is 10.6. The monoisotopic (exact) mass is 433 g/mol. The number of aryl methyl sites for hydroxylation is 1. The van der Waals surface area contributed by atoms with Crippen LogP contribution < -0.4 is 10.6 Å². The molecule has 0 bridgehead atoms. The van der Waals surface area contributed by atoms with Crippen molar-refractivity contribution in [3.05, 3.63) is 35.9 Å². The number of rotatable bonds is 6. The summed E-state index contributed by atoms with van der Waals surface area (Å²) in [4.78, 5) is 15.7. The Hall–Kier alpha value is -1.31. The molecule has 0 aromatic heterocycles. The van der Waals surface area contributed by atoms with E-state index >= 15 is 0 Å². The summed E-state index contributed by atoms with van der Waals surface area (Å²) in [5.41, 5.74) is 0.854. The number of carbonyl (C=O) groups is 1. The highest BCUT2D eigenvalue weighted by atomic mass is 127. The smallest absolute Gasteiger partial charge is 0.325 e. The molecule has 0 heterocycles. The van der Waals surface area contributed by atoms with Gasteiger partial charge in [-0.1, -0.05) is 30.3 Å². The lowest BCUT2D eigenvalue weighted by Crippen LogP contribution is -2.42. The SMILES string of the molecule is CN=C(NCCCc1ccccc1)NCC(=O)OC(C)(C)C.I. The molecule has 0 aliphatic heterocycles. The van der Waals surface area contributed by atoms with E-state index in [1.54, 1.807) is 7.05 Å². The van der Waals surface area contributed by atoms with Crippen LogP contribution >= 0.6 is 24.0 Å². The molecule has 0 aliphatic rings. The van der Waals surface area contributed by atoms with Gasteiger partial charge in [0.05, 0.1) is 0 Å². The maximum Gasteiger partial charge on any atom is 0.325 e. The molecule has 0 radical (unpaired) electrons. The molecular formula is C17H28IN3O2. The van der Waals surface area contributed by atoms with Gasteiger partial charge in [0.1, 0.15) is 12.1 Å². The van der Waals surface area contributed by atoms with Crippen molar-refractivity contribution >= 4 is 35.9 Å². The van der Waals surface area contributed by atoms with Crippen molar-refractivity contribution in [2.24, 2.45) is 4.99 Å². The van der Waals surface area contributed by atoms with E-state index in [1.165, 1.54) is 5.56 Å². The third kappa shape index (κ3) is 11.0. The molecule has 1 aromatic rings. The van der Waals surface area contributed by atoms with Gasteiger partial charge in [-0.3, -0.25) is 9.79 Å². The summed E-state index contributed by atoms with van der Waals surface area (Å²) in [6, 6.07) is 10.4. The van der Waals surface area contributed by atoms with Gasteiger partial charge in [0.2, 0.25) is 0 Å². The van der Waals surface area contributed by atoms with E-state index in [2.05, 4.69) is 27.8 Å². The van der Waals surface area contributed by atoms with Crippen molar-refractivity contribution in [2.45, 2.75) is 39.2 Å². The lowest BCUT2D eigenvalue weighted by atomic mass is 10.1. The van der Waals surface area contributed by atoms with Gasteiger partial charge in [-0.05, 0) is 39.2 Å². The number of nitrogens with one attached hydrogen (secondary N) is 2. The molecule has 1 aromatic carbocycles. The summed E-state index contributed by atoms with van der Waals surface area (Å²) >= 11 is 0. The summed E-state index contributed by atoms with van der Waals surface area (Å²) in [5.74, 6) is 0.318. The molecule has 0 unspecified atom stereocenters. The Morgan fingerprint density at radius 2 is 1.83 bits per heavy atom. The molecule has 5 nitrogen and oxygen atoms in total. The number of esters is 1. The van der Waals surface area contributed by atoms with Gasteiger partial charge in [0.25, 0.3) is 0 Å². The summed E-state index contributed by atoms with van der Waals surface area (Å²) < 4.78 is 5.23. The first-order chi connectivity index (χ1) is 10.4. The van der Waals surface area contributed by atoms with Crippen LogP contribution in [0, 0.1) is 0 Å². The predicted molar refractivity (Wildman–Crippen MR) is 105 cm³/mol. The number of hydrogen-bond acceptors (Lipinski definition) is 3. The zero-order valence-electron chi connectivity index (χ0n) is 14.4. The summed E-state index contributed by atoms with van der Waals surface area (Å²) in [5, 5.41) is 6.14. The molecule has 0 atom stereocenters. The lowest BCUT2D eigenvalue weighted by molar-refractivity contribution is -0.153. The van der Waals surface area contributed by atoms with Gasteiger partial charge in [0, 0.05) is 13.6 Å². The number of halogens is 1. The Morgan fingerprint density at radius 1 is 1.17 bits per heavy atom. The van der Waals surface area contributed by atoms with Crippen LogP contribution in [0.4, 0.5) is 0 Å². The van der Waals surface area contributed by atoms with Crippen LogP contribution in [0.15, 0.2) is 35.3 Å². The molecule has 6 heteroatoms. The second-order valence-electron chi connectivity index (χ2n) is 6.03. The molecule has 23 heavy (non-hydrogen) atoms.